The maximum absolute atomic E-state index is 4.96. The minimum atomic E-state index is 0. The molecule has 3 heteroatoms. The molecule has 118 valence electrons. The molecule has 1 N–H and O–H groups in total. The van der Waals surface area contributed by atoms with Crippen LogP contribution in [0.2, 0.25) is 0 Å². The monoisotopic (exact) mass is 396 g/mol. The molecule has 2 atom stereocenters. The first-order valence-corrected chi connectivity index (χ1v) is 8.24. The molecule has 0 spiro atoms. The molecule has 3 aromatic rings. The van der Waals surface area contributed by atoms with Crippen molar-refractivity contribution < 1.29 is 58.2 Å². The van der Waals surface area contributed by atoms with Crippen molar-refractivity contribution in [3.05, 3.63) is 114 Å². The summed E-state index contributed by atoms with van der Waals surface area (Å²) in [6, 6.07) is 31.6. The van der Waals surface area contributed by atoms with Gasteiger partial charge in [-0.2, -0.15) is 17.7 Å². The zero-order chi connectivity index (χ0) is 16.2. The third-order valence-corrected chi connectivity index (χ3v) is 4.30. The molecule has 1 heterocycles. The summed E-state index contributed by atoms with van der Waals surface area (Å²) in [5.74, 6) is 0.934. The van der Waals surface area contributed by atoms with E-state index in [-0.39, 0.29) is 70.3 Å². The molecule has 3 aromatic carbocycles. The van der Waals surface area contributed by atoms with Gasteiger partial charge in [0.1, 0.15) is 6.04 Å². The summed E-state index contributed by atoms with van der Waals surface area (Å²) in [5.41, 5.74) is 3.64. The standard InChI is InChI=1S/C22H19N2.Rb/c1-4-10-17(11-5-1)16-20-23-21(18-12-6-2-7-13-18)22(24-20)19-14-8-3-9-15-19;/h1-16,21-22H,(H,23,24);/q-1;+1/t21-,22+;. The average Bonchev–Trinajstić information content (AvgIpc) is 3.08. The van der Waals surface area contributed by atoms with Crippen molar-refractivity contribution in [3.8, 4) is 0 Å². The van der Waals surface area contributed by atoms with Crippen LogP contribution in [0.1, 0.15) is 28.8 Å². The minimum absolute atomic E-state index is 0. The summed E-state index contributed by atoms with van der Waals surface area (Å²) >= 11 is 0. The van der Waals surface area contributed by atoms with Crippen molar-refractivity contribution in [2.75, 3.05) is 0 Å². The van der Waals surface area contributed by atoms with E-state index in [0.717, 1.165) is 11.4 Å². The number of hydrogen-bond acceptors (Lipinski definition) is 2. The van der Waals surface area contributed by atoms with Crippen molar-refractivity contribution in [2.24, 2.45) is 4.99 Å². The Balaban J connectivity index is 0.00000182. The van der Waals surface area contributed by atoms with Crippen LogP contribution in [0.25, 0.3) is 0 Å². The van der Waals surface area contributed by atoms with Gasteiger partial charge in [-0.3, -0.25) is 4.99 Å². The fourth-order valence-corrected chi connectivity index (χ4v) is 3.13. The van der Waals surface area contributed by atoms with Gasteiger partial charge in [0.25, 0.3) is 0 Å². The molecule has 0 saturated carbocycles. The predicted octanol–water partition coefficient (Wildman–Crippen LogP) is 1.73. The number of rotatable bonds is 4. The van der Waals surface area contributed by atoms with E-state index in [1.54, 1.807) is 0 Å². The van der Waals surface area contributed by atoms with Gasteiger partial charge < -0.3 is 5.32 Å². The number of nitrogens with zero attached hydrogens (tertiary/aromatic N) is 1. The summed E-state index contributed by atoms with van der Waals surface area (Å²) < 4.78 is 0. The Morgan fingerprint density at radius 1 is 0.680 bits per heavy atom. The van der Waals surface area contributed by atoms with Gasteiger partial charge in [-0.15, -0.1) is 18.6 Å². The van der Waals surface area contributed by atoms with E-state index in [1.807, 2.05) is 30.3 Å². The maximum Gasteiger partial charge on any atom is 1.00 e. The van der Waals surface area contributed by atoms with Gasteiger partial charge >= 0.3 is 58.2 Å². The Morgan fingerprint density at radius 3 is 1.80 bits per heavy atom. The van der Waals surface area contributed by atoms with Crippen LogP contribution >= 0.6 is 0 Å². The van der Waals surface area contributed by atoms with Crippen molar-refractivity contribution in [3.63, 3.8) is 0 Å². The van der Waals surface area contributed by atoms with E-state index in [1.165, 1.54) is 11.1 Å². The van der Waals surface area contributed by atoms with Crippen LogP contribution in [-0.4, -0.2) is 5.84 Å². The van der Waals surface area contributed by atoms with E-state index < -0.39 is 0 Å². The van der Waals surface area contributed by atoms with Crippen LogP contribution < -0.4 is 63.5 Å². The Bertz CT molecular complexity index is 816. The van der Waals surface area contributed by atoms with E-state index in [2.05, 4.69) is 72.4 Å². The molecule has 1 aliphatic rings. The molecule has 0 bridgehead atoms. The number of benzene rings is 3. The fourth-order valence-electron chi connectivity index (χ4n) is 3.13. The van der Waals surface area contributed by atoms with Crippen LogP contribution in [0, 0.1) is 6.42 Å². The van der Waals surface area contributed by atoms with Crippen LogP contribution in [0.4, 0.5) is 0 Å². The Labute approximate surface area is 198 Å². The van der Waals surface area contributed by atoms with Gasteiger partial charge in [0, 0.05) is 0 Å². The summed E-state index contributed by atoms with van der Waals surface area (Å²) in [7, 11) is 0. The first kappa shape index (κ1) is 18.6. The first-order valence-electron chi connectivity index (χ1n) is 8.24. The van der Waals surface area contributed by atoms with Crippen LogP contribution in [0.3, 0.4) is 0 Å². The first-order chi connectivity index (χ1) is 11.9. The van der Waals surface area contributed by atoms with Gasteiger partial charge in [-0.05, 0) is 11.1 Å². The van der Waals surface area contributed by atoms with Crippen molar-refractivity contribution in [2.45, 2.75) is 12.1 Å². The fraction of sp³-hybridized carbons (Fsp3) is 0.0909. The second-order valence-corrected chi connectivity index (χ2v) is 5.96. The Morgan fingerprint density at radius 2 is 1.20 bits per heavy atom. The van der Waals surface area contributed by atoms with E-state index in [4.69, 9.17) is 4.99 Å². The molecule has 25 heavy (non-hydrogen) atoms. The minimum Gasteiger partial charge on any atom is -0.371 e. The molecule has 4 rings (SSSR count). The summed E-state index contributed by atoms with van der Waals surface area (Å²) in [5, 5.41) is 3.60. The molecule has 0 fully saturated rings. The van der Waals surface area contributed by atoms with E-state index in [0.29, 0.717) is 0 Å². The number of aliphatic imine (C=N–C) groups is 1. The van der Waals surface area contributed by atoms with Crippen molar-refractivity contribution in [1.82, 2.24) is 5.32 Å². The molecular formula is C22H19N2Rb. The number of hydrogen-bond donors (Lipinski definition) is 1. The number of amidine groups is 1. The van der Waals surface area contributed by atoms with E-state index in [9.17, 15) is 0 Å². The SMILES string of the molecule is [Rb+].c1ccc([CH-]C2=N[C@@H](c3ccccc3)[C@@H](c3ccccc3)N2)cc1. The summed E-state index contributed by atoms with van der Waals surface area (Å²) in [6.07, 6.45) is 2.11. The summed E-state index contributed by atoms with van der Waals surface area (Å²) in [6.45, 7) is 0. The molecule has 1 aliphatic heterocycles. The third-order valence-electron chi connectivity index (χ3n) is 4.30. The van der Waals surface area contributed by atoms with Gasteiger partial charge in [0.05, 0.1) is 11.9 Å². The van der Waals surface area contributed by atoms with Crippen molar-refractivity contribution >= 4 is 5.84 Å². The molecule has 0 radical (unpaired) electrons. The quantitative estimate of drug-likeness (QED) is 0.667. The van der Waals surface area contributed by atoms with Crippen molar-refractivity contribution in [1.29, 1.82) is 0 Å². The summed E-state index contributed by atoms with van der Waals surface area (Å²) in [4.78, 5) is 4.96. The largest absolute Gasteiger partial charge is 1.00 e. The molecular weight excluding hydrogens is 378 g/mol. The molecule has 0 aromatic heterocycles. The maximum atomic E-state index is 4.96. The zero-order valence-electron chi connectivity index (χ0n) is 14.3. The van der Waals surface area contributed by atoms with Gasteiger partial charge in [-0.25, -0.2) is 0 Å². The molecule has 0 aliphatic carbocycles. The second-order valence-electron chi connectivity index (χ2n) is 5.96. The van der Waals surface area contributed by atoms with Crippen LogP contribution in [0.15, 0.2) is 96.0 Å². The van der Waals surface area contributed by atoms with E-state index >= 15 is 0 Å². The molecule has 2 nitrogen and oxygen atoms in total. The van der Waals surface area contributed by atoms with Crippen LogP contribution in [-0.2, 0) is 0 Å². The Hall–Kier alpha value is -1.19. The number of nitrogens with one attached hydrogen (secondary N) is 1. The third kappa shape index (κ3) is 4.51. The topological polar surface area (TPSA) is 24.4 Å². The Kier molecular flexibility index (Phi) is 6.66. The average molecular weight is 397 g/mol. The smallest absolute Gasteiger partial charge is 0.371 e. The molecule has 0 saturated heterocycles. The zero-order valence-corrected chi connectivity index (χ0v) is 19.3. The normalized spacial score (nSPS) is 18.6. The van der Waals surface area contributed by atoms with Gasteiger partial charge in [-0.1, -0.05) is 66.7 Å². The molecule has 0 amide bonds. The van der Waals surface area contributed by atoms with Gasteiger partial charge in [0.15, 0.2) is 0 Å². The van der Waals surface area contributed by atoms with Gasteiger partial charge in [0.2, 0.25) is 0 Å². The second kappa shape index (κ2) is 8.95. The molecule has 0 unspecified atom stereocenters. The predicted molar refractivity (Wildman–Crippen MR) is 98.8 cm³/mol. The van der Waals surface area contributed by atoms with Crippen LogP contribution in [0.5, 0.6) is 0 Å².